The van der Waals surface area contributed by atoms with Gasteiger partial charge in [-0.15, -0.1) is 0 Å². The first-order valence-electron chi connectivity index (χ1n) is 5.69. The highest BCUT2D eigenvalue weighted by Gasteiger charge is 2.61. The molecule has 0 aromatic heterocycles. The van der Waals surface area contributed by atoms with Crippen molar-refractivity contribution in [1.29, 1.82) is 0 Å². The fourth-order valence-electron chi connectivity index (χ4n) is 2.17. The molecule has 16 heavy (non-hydrogen) atoms. The van der Waals surface area contributed by atoms with Crippen LogP contribution in [0.15, 0.2) is 5.16 Å². The first-order chi connectivity index (χ1) is 7.26. The standard InChI is InChI=1S/C12H21NO3/c1-7(2)16-13-8(3)6-9-10(11(14)15)12(9,4)5/h7,9-10H,6H2,1-5H3,(H,14,15)/t9-,10-/m1/s1. The monoisotopic (exact) mass is 227 g/mol. The first-order valence-corrected chi connectivity index (χ1v) is 5.69. The number of rotatable bonds is 5. The molecule has 0 aliphatic heterocycles. The summed E-state index contributed by atoms with van der Waals surface area (Å²) < 4.78 is 0. The van der Waals surface area contributed by atoms with E-state index in [4.69, 9.17) is 9.94 Å². The highest BCUT2D eigenvalue weighted by Crippen LogP contribution is 2.60. The second kappa shape index (κ2) is 4.44. The lowest BCUT2D eigenvalue weighted by Crippen LogP contribution is -2.04. The molecule has 1 rings (SSSR count). The van der Waals surface area contributed by atoms with Gasteiger partial charge in [-0.1, -0.05) is 19.0 Å². The lowest BCUT2D eigenvalue weighted by molar-refractivity contribution is -0.139. The predicted octanol–water partition coefficient (Wildman–Crippen LogP) is 2.53. The van der Waals surface area contributed by atoms with Gasteiger partial charge in [-0.25, -0.2) is 0 Å². The molecule has 0 amide bonds. The maximum Gasteiger partial charge on any atom is 0.307 e. The Morgan fingerprint density at radius 2 is 2.06 bits per heavy atom. The Morgan fingerprint density at radius 3 is 2.44 bits per heavy atom. The largest absolute Gasteiger partial charge is 0.481 e. The maximum atomic E-state index is 11.0. The molecule has 4 heteroatoms. The van der Waals surface area contributed by atoms with Gasteiger partial charge in [0.2, 0.25) is 0 Å². The zero-order valence-corrected chi connectivity index (χ0v) is 10.7. The number of oxime groups is 1. The summed E-state index contributed by atoms with van der Waals surface area (Å²) in [7, 11) is 0. The molecule has 0 bridgehead atoms. The van der Waals surface area contributed by atoms with Crippen molar-refractivity contribution in [1.82, 2.24) is 0 Å². The maximum absolute atomic E-state index is 11.0. The van der Waals surface area contributed by atoms with Gasteiger partial charge >= 0.3 is 5.97 Å². The summed E-state index contributed by atoms with van der Waals surface area (Å²) in [5.74, 6) is -0.756. The summed E-state index contributed by atoms with van der Waals surface area (Å²) in [4.78, 5) is 16.1. The summed E-state index contributed by atoms with van der Waals surface area (Å²) >= 11 is 0. The summed E-state index contributed by atoms with van der Waals surface area (Å²) in [5.41, 5.74) is 0.760. The molecule has 0 aromatic rings. The Kier molecular flexibility index (Phi) is 3.61. The number of hydrogen-bond donors (Lipinski definition) is 1. The van der Waals surface area contributed by atoms with Crippen LogP contribution in [0.25, 0.3) is 0 Å². The van der Waals surface area contributed by atoms with Crippen molar-refractivity contribution < 1.29 is 14.7 Å². The van der Waals surface area contributed by atoms with Gasteiger partial charge in [0.05, 0.1) is 11.6 Å². The highest BCUT2D eigenvalue weighted by molar-refractivity contribution is 5.84. The number of hydrogen-bond acceptors (Lipinski definition) is 3. The minimum Gasteiger partial charge on any atom is -0.481 e. The Hall–Kier alpha value is -1.06. The fourth-order valence-corrected chi connectivity index (χ4v) is 2.17. The molecule has 1 saturated carbocycles. The minimum atomic E-state index is -0.701. The van der Waals surface area contributed by atoms with Crippen LogP contribution in [0.2, 0.25) is 0 Å². The van der Waals surface area contributed by atoms with Gasteiger partial charge in [-0.2, -0.15) is 0 Å². The van der Waals surface area contributed by atoms with E-state index in [2.05, 4.69) is 5.16 Å². The van der Waals surface area contributed by atoms with Gasteiger partial charge in [0.25, 0.3) is 0 Å². The molecule has 1 aliphatic rings. The van der Waals surface area contributed by atoms with Crippen molar-refractivity contribution in [3.8, 4) is 0 Å². The lowest BCUT2D eigenvalue weighted by atomic mass is 10.1. The number of carboxylic acids is 1. The molecule has 0 radical (unpaired) electrons. The van der Waals surface area contributed by atoms with Crippen LogP contribution in [0.1, 0.15) is 41.0 Å². The van der Waals surface area contributed by atoms with Crippen LogP contribution < -0.4 is 0 Å². The van der Waals surface area contributed by atoms with Gasteiger partial charge in [0.15, 0.2) is 0 Å². The number of nitrogens with zero attached hydrogens (tertiary/aromatic N) is 1. The van der Waals surface area contributed by atoms with E-state index in [9.17, 15) is 4.79 Å². The van der Waals surface area contributed by atoms with E-state index in [0.29, 0.717) is 6.42 Å². The molecule has 0 saturated heterocycles. The quantitative estimate of drug-likeness (QED) is 0.580. The third-order valence-electron chi connectivity index (χ3n) is 3.25. The fraction of sp³-hybridized carbons (Fsp3) is 0.833. The summed E-state index contributed by atoms with van der Waals surface area (Å²) in [6, 6.07) is 0. The SMILES string of the molecule is CC(C[C@@H]1[C@H](C(=O)O)C1(C)C)=NOC(C)C. The van der Waals surface area contributed by atoms with Gasteiger partial charge in [0.1, 0.15) is 6.10 Å². The van der Waals surface area contributed by atoms with Crippen LogP contribution >= 0.6 is 0 Å². The molecular formula is C12H21NO3. The van der Waals surface area contributed by atoms with Crippen LogP contribution in [0.4, 0.5) is 0 Å². The average Bonchev–Trinajstić information content (AvgIpc) is 2.64. The summed E-state index contributed by atoms with van der Waals surface area (Å²) in [6.07, 6.45) is 0.772. The lowest BCUT2D eigenvalue weighted by Gasteiger charge is -2.05. The van der Waals surface area contributed by atoms with Gasteiger partial charge in [0, 0.05) is 0 Å². The predicted molar refractivity (Wildman–Crippen MR) is 62.3 cm³/mol. The molecule has 1 N–H and O–H groups in total. The van der Waals surface area contributed by atoms with E-state index in [0.717, 1.165) is 5.71 Å². The Bertz CT molecular complexity index is 307. The highest BCUT2D eigenvalue weighted by atomic mass is 16.6. The third kappa shape index (κ3) is 2.74. The van der Waals surface area contributed by atoms with E-state index in [1.807, 2.05) is 34.6 Å². The molecule has 1 fully saturated rings. The van der Waals surface area contributed by atoms with Crippen LogP contribution in [-0.2, 0) is 9.63 Å². The molecular weight excluding hydrogens is 206 g/mol. The second-order valence-electron chi connectivity index (χ2n) is 5.43. The van der Waals surface area contributed by atoms with Gasteiger partial charge in [-0.3, -0.25) is 4.79 Å². The molecule has 2 atom stereocenters. The van der Waals surface area contributed by atoms with Gasteiger partial charge in [-0.05, 0) is 38.5 Å². The molecule has 0 unspecified atom stereocenters. The molecule has 92 valence electrons. The van der Waals surface area contributed by atoms with E-state index in [1.165, 1.54) is 0 Å². The van der Waals surface area contributed by atoms with E-state index in [1.54, 1.807) is 0 Å². The zero-order chi connectivity index (χ0) is 12.5. The Labute approximate surface area is 96.7 Å². The topological polar surface area (TPSA) is 58.9 Å². The van der Waals surface area contributed by atoms with Crippen LogP contribution in [-0.4, -0.2) is 22.9 Å². The van der Waals surface area contributed by atoms with Crippen LogP contribution in [0.3, 0.4) is 0 Å². The van der Waals surface area contributed by atoms with Crippen molar-refractivity contribution in [2.24, 2.45) is 22.4 Å². The van der Waals surface area contributed by atoms with E-state index in [-0.39, 0.29) is 23.4 Å². The summed E-state index contributed by atoms with van der Waals surface area (Å²) in [6.45, 7) is 9.70. The Morgan fingerprint density at radius 1 is 1.50 bits per heavy atom. The zero-order valence-electron chi connectivity index (χ0n) is 10.7. The molecule has 0 aromatic carbocycles. The van der Waals surface area contributed by atoms with Crippen LogP contribution in [0, 0.1) is 17.3 Å². The second-order valence-corrected chi connectivity index (χ2v) is 5.43. The molecule has 0 spiro atoms. The average molecular weight is 227 g/mol. The molecule has 1 aliphatic carbocycles. The Balaban J connectivity index is 2.51. The smallest absolute Gasteiger partial charge is 0.307 e. The third-order valence-corrected chi connectivity index (χ3v) is 3.25. The van der Waals surface area contributed by atoms with Crippen molar-refractivity contribution in [2.75, 3.05) is 0 Å². The van der Waals surface area contributed by atoms with Crippen molar-refractivity contribution in [3.63, 3.8) is 0 Å². The normalized spacial score (nSPS) is 28.0. The van der Waals surface area contributed by atoms with Crippen molar-refractivity contribution >= 4 is 11.7 Å². The van der Waals surface area contributed by atoms with Crippen molar-refractivity contribution in [2.45, 2.75) is 47.1 Å². The summed E-state index contributed by atoms with van der Waals surface area (Å²) in [5, 5.41) is 13.0. The van der Waals surface area contributed by atoms with E-state index >= 15 is 0 Å². The van der Waals surface area contributed by atoms with Crippen LogP contribution in [0.5, 0.6) is 0 Å². The first kappa shape index (κ1) is 13.0. The van der Waals surface area contributed by atoms with Crippen molar-refractivity contribution in [3.05, 3.63) is 0 Å². The number of aliphatic carboxylic acids is 1. The van der Waals surface area contributed by atoms with Gasteiger partial charge < -0.3 is 9.94 Å². The molecule has 0 heterocycles. The minimum absolute atomic E-state index is 0.0671. The van der Waals surface area contributed by atoms with E-state index < -0.39 is 5.97 Å². The number of carboxylic acid groups (broad SMARTS) is 1. The number of carbonyl (C=O) groups is 1. The molecule has 4 nitrogen and oxygen atoms in total.